The van der Waals surface area contributed by atoms with Gasteiger partial charge in [0.2, 0.25) is 0 Å². The van der Waals surface area contributed by atoms with Crippen LogP contribution in [-0.2, 0) is 12.0 Å². The van der Waals surface area contributed by atoms with Crippen LogP contribution < -0.4 is 10.6 Å². The third-order valence-corrected chi connectivity index (χ3v) is 2.90. The highest BCUT2D eigenvalue weighted by Crippen LogP contribution is 2.22. The molecule has 0 bridgehead atoms. The molecule has 0 saturated heterocycles. The van der Waals surface area contributed by atoms with Gasteiger partial charge >= 0.3 is 4.87 Å². The number of nitrogens with zero attached hydrogens (tertiary/aromatic N) is 1. The van der Waals surface area contributed by atoms with E-state index in [1.807, 2.05) is 9.95 Å². The third kappa shape index (κ3) is 2.45. The molecule has 0 aliphatic heterocycles. The molecule has 1 aromatic rings. The number of aromatic nitrogens is 1. The summed E-state index contributed by atoms with van der Waals surface area (Å²) in [5.41, 5.74) is 6.59. The standard InChI is InChI=1S/C10H18N2OS/c1-10(2,3)8-7-14-9(13)12(8)6-4-5-11/h7H,4-6,11H2,1-3H3. The van der Waals surface area contributed by atoms with Gasteiger partial charge in [-0.3, -0.25) is 4.79 Å². The SMILES string of the molecule is CC(C)(C)c1csc(=O)n1CCCN. The predicted molar refractivity (Wildman–Crippen MR) is 61.0 cm³/mol. The molecule has 0 fully saturated rings. The number of rotatable bonds is 3. The van der Waals surface area contributed by atoms with Crippen molar-refractivity contribution in [1.82, 2.24) is 4.57 Å². The number of hydrogen-bond acceptors (Lipinski definition) is 3. The van der Waals surface area contributed by atoms with Crippen LogP contribution in [0.5, 0.6) is 0 Å². The molecule has 0 amide bonds. The molecule has 14 heavy (non-hydrogen) atoms. The third-order valence-electron chi connectivity index (χ3n) is 2.14. The maximum Gasteiger partial charge on any atom is 0.307 e. The van der Waals surface area contributed by atoms with Crippen molar-refractivity contribution in [2.45, 2.75) is 39.2 Å². The van der Waals surface area contributed by atoms with Crippen molar-refractivity contribution < 1.29 is 0 Å². The van der Waals surface area contributed by atoms with E-state index in [1.54, 1.807) is 0 Å². The Kier molecular flexibility index (Phi) is 3.50. The summed E-state index contributed by atoms with van der Waals surface area (Å²) < 4.78 is 1.84. The van der Waals surface area contributed by atoms with Crippen molar-refractivity contribution in [3.05, 3.63) is 20.7 Å². The molecule has 0 aliphatic rings. The lowest BCUT2D eigenvalue weighted by molar-refractivity contribution is 0.503. The van der Waals surface area contributed by atoms with Crippen molar-refractivity contribution in [2.24, 2.45) is 5.73 Å². The Morgan fingerprint density at radius 3 is 2.64 bits per heavy atom. The van der Waals surface area contributed by atoms with Gasteiger partial charge in [0, 0.05) is 23.0 Å². The molecular formula is C10H18N2OS. The van der Waals surface area contributed by atoms with Gasteiger partial charge < -0.3 is 10.3 Å². The Labute approximate surface area is 88.6 Å². The van der Waals surface area contributed by atoms with Crippen LogP contribution in [0.3, 0.4) is 0 Å². The molecule has 3 nitrogen and oxygen atoms in total. The highest BCUT2D eigenvalue weighted by atomic mass is 32.1. The van der Waals surface area contributed by atoms with Crippen LogP contribution in [0.25, 0.3) is 0 Å². The molecule has 80 valence electrons. The summed E-state index contributed by atoms with van der Waals surface area (Å²) in [4.78, 5) is 11.7. The Balaban J connectivity index is 3.01. The van der Waals surface area contributed by atoms with Crippen LogP contribution in [-0.4, -0.2) is 11.1 Å². The van der Waals surface area contributed by atoms with Gasteiger partial charge in [-0.2, -0.15) is 0 Å². The van der Waals surface area contributed by atoms with Gasteiger partial charge in [-0.15, -0.1) is 0 Å². The summed E-state index contributed by atoms with van der Waals surface area (Å²) in [7, 11) is 0. The molecule has 0 atom stereocenters. The summed E-state index contributed by atoms with van der Waals surface area (Å²) >= 11 is 1.27. The molecule has 1 heterocycles. The average Bonchev–Trinajstić information content (AvgIpc) is 2.42. The summed E-state index contributed by atoms with van der Waals surface area (Å²) in [5.74, 6) is 0. The lowest BCUT2D eigenvalue weighted by Gasteiger charge is -2.20. The van der Waals surface area contributed by atoms with E-state index in [9.17, 15) is 4.79 Å². The van der Waals surface area contributed by atoms with Crippen molar-refractivity contribution in [3.63, 3.8) is 0 Å². The van der Waals surface area contributed by atoms with Crippen molar-refractivity contribution in [3.8, 4) is 0 Å². The maximum absolute atomic E-state index is 11.5. The van der Waals surface area contributed by atoms with Crippen LogP contribution in [0.4, 0.5) is 0 Å². The van der Waals surface area contributed by atoms with Gasteiger partial charge in [-0.25, -0.2) is 0 Å². The molecule has 0 aliphatic carbocycles. The first-order valence-corrected chi connectivity index (χ1v) is 5.73. The van der Waals surface area contributed by atoms with E-state index in [2.05, 4.69) is 20.8 Å². The molecule has 0 aromatic carbocycles. The second kappa shape index (κ2) is 4.28. The highest BCUT2D eigenvalue weighted by molar-refractivity contribution is 7.07. The molecule has 0 unspecified atom stereocenters. The smallest absolute Gasteiger partial charge is 0.307 e. The molecular weight excluding hydrogens is 196 g/mol. The summed E-state index contributed by atoms with van der Waals surface area (Å²) in [6.07, 6.45) is 0.861. The van der Waals surface area contributed by atoms with E-state index in [0.717, 1.165) is 18.7 Å². The van der Waals surface area contributed by atoms with Crippen LogP contribution in [0.2, 0.25) is 0 Å². The van der Waals surface area contributed by atoms with Crippen LogP contribution in [0.15, 0.2) is 10.2 Å². The second-order valence-electron chi connectivity index (χ2n) is 4.43. The summed E-state index contributed by atoms with van der Waals surface area (Å²) in [6, 6.07) is 0. The van der Waals surface area contributed by atoms with Gasteiger partial charge in [0.05, 0.1) is 0 Å². The van der Waals surface area contributed by atoms with Gasteiger partial charge in [-0.1, -0.05) is 32.1 Å². The minimum Gasteiger partial charge on any atom is -0.330 e. The number of thiazole rings is 1. The first-order valence-electron chi connectivity index (χ1n) is 4.85. The fourth-order valence-corrected chi connectivity index (χ4v) is 2.38. The van der Waals surface area contributed by atoms with Crippen molar-refractivity contribution in [2.75, 3.05) is 6.54 Å². The Bertz CT molecular complexity index is 346. The molecule has 0 spiro atoms. The molecule has 1 aromatic heterocycles. The fourth-order valence-electron chi connectivity index (χ4n) is 1.37. The highest BCUT2D eigenvalue weighted by Gasteiger charge is 2.19. The largest absolute Gasteiger partial charge is 0.330 e. The Morgan fingerprint density at radius 2 is 2.14 bits per heavy atom. The molecule has 4 heteroatoms. The van der Waals surface area contributed by atoms with E-state index in [0.29, 0.717) is 6.54 Å². The molecule has 0 saturated carbocycles. The van der Waals surface area contributed by atoms with E-state index in [1.165, 1.54) is 11.3 Å². The van der Waals surface area contributed by atoms with Gasteiger partial charge in [0.25, 0.3) is 0 Å². The van der Waals surface area contributed by atoms with Crippen LogP contribution in [0, 0.1) is 0 Å². The minimum absolute atomic E-state index is 0.0355. The Morgan fingerprint density at radius 1 is 1.50 bits per heavy atom. The van der Waals surface area contributed by atoms with E-state index < -0.39 is 0 Å². The summed E-state index contributed by atoms with van der Waals surface area (Å²) in [5, 5.41) is 1.96. The van der Waals surface area contributed by atoms with Crippen molar-refractivity contribution >= 4 is 11.3 Å². The normalized spacial score (nSPS) is 12.0. The molecule has 1 rings (SSSR count). The lowest BCUT2D eigenvalue weighted by atomic mass is 9.93. The fraction of sp³-hybridized carbons (Fsp3) is 0.700. The van der Waals surface area contributed by atoms with Crippen LogP contribution in [0.1, 0.15) is 32.9 Å². The number of hydrogen-bond donors (Lipinski definition) is 1. The summed E-state index contributed by atoms with van der Waals surface area (Å²) in [6.45, 7) is 7.73. The zero-order valence-electron chi connectivity index (χ0n) is 9.04. The van der Waals surface area contributed by atoms with Crippen LogP contribution >= 0.6 is 11.3 Å². The monoisotopic (exact) mass is 214 g/mol. The predicted octanol–water partition coefficient (Wildman–Crippen LogP) is 1.56. The zero-order valence-corrected chi connectivity index (χ0v) is 9.86. The lowest BCUT2D eigenvalue weighted by Crippen LogP contribution is -2.24. The van der Waals surface area contributed by atoms with Gasteiger partial charge in [-0.05, 0) is 13.0 Å². The average molecular weight is 214 g/mol. The second-order valence-corrected chi connectivity index (χ2v) is 5.25. The molecule has 2 N–H and O–H groups in total. The molecule has 0 radical (unpaired) electrons. The minimum atomic E-state index is 0.0355. The quantitative estimate of drug-likeness (QED) is 0.830. The van der Waals surface area contributed by atoms with E-state index in [4.69, 9.17) is 5.73 Å². The van der Waals surface area contributed by atoms with Gasteiger partial charge in [0.1, 0.15) is 0 Å². The van der Waals surface area contributed by atoms with E-state index in [-0.39, 0.29) is 10.3 Å². The van der Waals surface area contributed by atoms with Gasteiger partial charge in [0.15, 0.2) is 0 Å². The zero-order chi connectivity index (χ0) is 10.8. The first-order chi connectivity index (χ1) is 6.46. The first kappa shape index (κ1) is 11.5. The Hall–Kier alpha value is -0.610. The topological polar surface area (TPSA) is 48.0 Å². The maximum atomic E-state index is 11.5. The number of nitrogens with two attached hydrogens (primary N) is 1. The van der Waals surface area contributed by atoms with E-state index >= 15 is 0 Å². The van der Waals surface area contributed by atoms with Crippen molar-refractivity contribution in [1.29, 1.82) is 0 Å².